The summed E-state index contributed by atoms with van der Waals surface area (Å²) >= 11 is 1.31. The fourth-order valence-corrected chi connectivity index (χ4v) is 4.55. The van der Waals surface area contributed by atoms with Crippen LogP contribution in [0.2, 0.25) is 0 Å². The van der Waals surface area contributed by atoms with E-state index in [4.69, 9.17) is 4.42 Å². The summed E-state index contributed by atoms with van der Waals surface area (Å²) < 4.78 is 32.9. The van der Waals surface area contributed by atoms with E-state index in [2.05, 4.69) is 10.0 Å². The number of hydrogen-bond acceptors (Lipinski definition) is 5. The smallest absolute Gasteiger partial charge is 0.250 e. The molecule has 1 fully saturated rings. The third-order valence-corrected chi connectivity index (χ3v) is 6.46. The van der Waals surface area contributed by atoms with Gasteiger partial charge in [-0.05, 0) is 44.0 Å². The number of nitrogens with one attached hydrogen (secondary N) is 2. The van der Waals surface area contributed by atoms with Crippen LogP contribution >= 0.6 is 11.3 Å². The molecule has 2 aromatic rings. The van der Waals surface area contributed by atoms with E-state index in [9.17, 15) is 8.42 Å². The van der Waals surface area contributed by atoms with Crippen molar-refractivity contribution in [2.45, 2.75) is 42.6 Å². The Balaban J connectivity index is 1.66. The summed E-state index contributed by atoms with van der Waals surface area (Å²) in [5.74, 6) is 0.603. The van der Waals surface area contributed by atoms with Gasteiger partial charge < -0.3 is 9.73 Å². The summed E-state index contributed by atoms with van der Waals surface area (Å²) in [6.07, 6.45) is 3.98. The van der Waals surface area contributed by atoms with Gasteiger partial charge in [-0.3, -0.25) is 0 Å². The first kappa shape index (κ1) is 14.8. The molecule has 2 N–H and O–H groups in total. The summed E-state index contributed by atoms with van der Waals surface area (Å²) in [6, 6.07) is 7.25. The Morgan fingerprint density at radius 1 is 1.38 bits per heavy atom. The zero-order chi connectivity index (χ0) is 14.9. The van der Waals surface area contributed by atoms with Gasteiger partial charge in [0.1, 0.15) is 9.97 Å². The maximum Gasteiger partial charge on any atom is 0.250 e. The molecule has 7 heteroatoms. The van der Waals surface area contributed by atoms with Crippen molar-refractivity contribution in [3.8, 4) is 0 Å². The molecule has 1 aliphatic carbocycles. The normalized spacial score (nSPS) is 17.0. The third kappa shape index (κ3) is 3.74. The maximum atomic E-state index is 12.3. The van der Waals surface area contributed by atoms with Gasteiger partial charge in [0.15, 0.2) is 0 Å². The molecule has 0 radical (unpaired) electrons. The number of sulfonamides is 1. The van der Waals surface area contributed by atoms with Gasteiger partial charge in [-0.1, -0.05) is 0 Å². The van der Waals surface area contributed by atoms with Gasteiger partial charge >= 0.3 is 0 Å². The van der Waals surface area contributed by atoms with Crippen LogP contribution in [0.25, 0.3) is 0 Å². The van der Waals surface area contributed by atoms with Crippen LogP contribution in [0.15, 0.2) is 39.2 Å². The van der Waals surface area contributed by atoms with Gasteiger partial charge in [-0.15, -0.1) is 11.3 Å². The van der Waals surface area contributed by atoms with Crippen molar-refractivity contribution < 1.29 is 12.8 Å². The molecule has 21 heavy (non-hydrogen) atoms. The van der Waals surface area contributed by atoms with Crippen molar-refractivity contribution in [2.75, 3.05) is 0 Å². The summed E-state index contributed by atoms with van der Waals surface area (Å²) in [5.41, 5.74) is 0. The van der Waals surface area contributed by atoms with Crippen LogP contribution < -0.4 is 10.0 Å². The molecule has 1 atom stereocenters. The van der Waals surface area contributed by atoms with Crippen LogP contribution in [0.5, 0.6) is 0 Å². The molecule has 2 aromatic heterocycles. The van der Waals surface area contributed by atoms with E-state index in [0.717, 1.165) is 11.4 Å². The van der Waals surface area contributed by atoms with Gasteiger partial charge in [0.2, 0.25) is 0 Å². The molecule has 0 saturated heterocycles. The highest BCUT2D eigenvalue weighted by Gasteiger charge is 2.23. The Bertz CT molecular complexity index is 688. The number of rotatable bonds is 7. The van der Waals surface area contributed by atoms with Gasteiger partial charge in [-0.2, -0.15) is 0 Å². The molecular weight excluding hydrogens is 308 g/mol. The zero-order valence-electron chi connectivity index (χ0n) is 11.7. The average Bonchev–Trinajstić information content (AvgIpc) is 2.96. The van der Waals surface area contributed by atoms with Gasteiger partial charge in [0.05, 0.1) is 12.3 Å². The number of hydrogen-bond donors (Lipinski definition) is 2. The van der Waals surface area contributed by atoms with Crippen molar-refractivity contribution in [2.24, 2.45) is 0 Å². The Morgan fingerprint density at radius 2 is 2.19 bits per heavy atom. The molecule has 1 unspecified atom stereocenters. The molecular formula is C14H18N2O3S2. The minimum absolute atomic E-state index is 0.341. The molecule has 0 amide bonds. The molecule has 0 aliphatic heterocycles. The first-order valence-corrected chi connectivity index (χ1v) is 9.22. The lowest BCUT2D eigenvalue weighted by Gasteiger charge is -2.10. The zero-order valence-corrected chi connectivity index (χ0v) is 13.3. The second-order valence-electron chi connectivity index (χ2n) is 5.23. The lowest BCUT2D eigenvalue weighted by molar-refractivity contribution is 0.459. The van der Waals surface area contributed by atoms with Gasteiger partial charge in [0.25, 0.3) is 10.0 Å². The summed E-state index contributed by atoms with van der Waals surface area (Å²) in [7, 11) is -3.51. The maximum absolute atomic E-state index is 12.3. The fourth-order valence-electron chi connectivity index (χ4n) is 2.02. The Hall–Kier alpha value is -1.15. The first-order chi connectivity index (χ1) is 10.0. The van der Waals surface area contributed by atoms with E-state index in [1.807, 2.05) is 6.07 Å². The molecule has 0 bridgehead atoms. The quantitative estimate of drug-likeness (QED) is 0.820. The van der Waals surface area contributed by atoms with E-state index in [0.29, 0.717) is 16.0 Å². The predicted octanol–water partition coefficient (Wildman–Crippen LogP) is 2.63. The summed E-state index contributed by atoms with van der Waals surface area (Å²) in [4.78, 5) is 1.04. The van der Waals surface area contributed by atoms with Gasteiger partial charge in [-0.25, -0.2) is 13.1 Å². The summed E-state index contributed by atoms with van der Waals surface area (Å²) in [5, 5.41) is 3.38. The van der Waals surface area contributed by atoms with Gasteiger partial charge in [0, 0.05) is 17.5 Å². The topological polar surface area (TPSA) is 71.3 Å². The van der Waals surface area contributed by atoms with E-state index in [-0.39, 0.29) is 6.04 Å². The standard InChI is InChI=1S/C14H18N2O3S2/c1-10(13-3-2-8-19-13)16-21(17,18)14-7-6-12(20-14)9-15-11-4-5-11/h2-3,6-8,10-11,15-16H,4-5,9H2,1H3. The third-order valence-electron chi connectivity index (χ3n) is 3.35. The molecule has 2 heterocycles. The monoisotopic (exact) mass is 326 g/mol. The predicted molar refractivity (Wildman–Crippen MR) is 81.6 cm³/mol. The van der Waals surface area contributed by atoms with E-state index >= 15 is 0 Å². The molecule has 114 valence electrons. The number of thiophene rings is 1. The lowest BCUT2D eigenvalue weighted by atomic mass is 10.3. The van der Waals surface area contributed by atoms with Crippen molar-refractivity contribution in [1.82, 2.24) is 10.0 Å². The van der Waals surface area contributed by atoms with Crippen molar-refractivity contribution >= 4 is 21.4 Å². The van der Waals surface area contributed by atoms with Crippen molar-refractivity contribution in [1.29, 1.82) is 0 Å². The fraction of sp³-hybridized carbons (Fsp3) is 0.429. The van der Waals surface area contributed by atoms with E-state index in [1.165, 1.54) is 30.4 Å². The van der Waals surface area contributed by atoms with Crippen LogP contribution in [0.4, 0.5) is 0 Å². The van der Waals surface area contributed by atoms with Crippen molar-refractivity contribution in [3.05, 3.63) is 41.2 Å². The minimum atomic E-state index is -3.51. The highest BCUT2D eigenvalue weighted by molar-refractivity contribution is 7.91. The first-order valence-electron chi connectivity index (χ1n) is 6.92. The highest BCUT2D eigenvalue weighted by Crippen LogP contribution is 2.25. The molecule has 1 saturated carbocycles. The molecule has 0 spiro atoms. The molecule has 0 aromatic carbocycles. The van der Waals surface area contributed by atoms with E-state index in [1.54, 1.807) is 25.1 Å². The van der Waals surface area contributed by atoms with Crippen LogP contribution in [-0.4, -0.2) is 14.5 Å². The molecule has 3 rings (SSSR count). The number of furan rings is 1. The van der Waals surface area contributed by atoms with Crippen LogP contribution in [-0.2, 0) is 16.6 Å². The molecule has 1 aliphatic rings. The van der Waals surface area contributed by atoms with E-state index < -0.39 is 10.0 Å². The average molecular weight is 326 g/mol. The Morgan fingerprint density at radius 3 is 2.86 bits per heavy atom. The second-order valence-corrected chi connectivity index (χ2v) is 8.34. The lowest BCUT2D eigenvalue weighted by Crippen LogP contribution is -2.25. The Kier molecular flexibility index (Phi) is 4.17. The largest absolute Gasteiger partial charge is 0.468 e. The minimum Gasteiger partial charge on any atom is -0.468 e. The SMILES string of the molecule is CC(NS(=O)(=O)c1ccc(CNC2CC2)s1)c1ccco1. The second kappa shape index (κ2) is 5.92. The summed E-state index contributed by atoms with van der Waals surface area (Å²) in [6.45, 7) is 2.50. The van der Waals surface area contributed by atoms with Crippen molar-refractivity contribution in [3.63, 3.8) is 0 Å². The van der Waals surface area contributed by atoms with Crippen LogP contribution in [0.3, 0.4) is 0 Å². The van der Waals surface area contributed by atoms with Crippen LogP contribution in [0, 0.1) is 0 Å². The molecule has 5 nitrogen and oxygen atoms in total. The highest BCUT2D eigenvalue weighted by atomic mass is 32.2. The Labute approximate surface area is 128 Å². The van der Waals surface area contributed by atoms with Crippen LogP contribution in [0.1, 0.15) is 36.4 Å².